The minimum absolute atomic E-state index is 0.662. The molecular formula is C16H29ClN2Sn. The van der Waals surface area contributed by atoms with Gasteiger partial charge in [-0.15, -0.1) is 0 Å². The molecule has 4 heteroatoms. The van der Waals surface area contributed by atoms with Crippen LogP contribution in [0, 0.1) is 0 Å². The van der Waals surface area contributed by atoms with Gasteiger partial charge in [-0.3, -0.25) is 0 Å². The summed E-state index contributed by atoms with van der Waals surface area (Å²) >= 11 is 3.57. The topological polar surface area (TPSA) is 25.8 Å². The van der Waals surface area contributed by atoms with Gasteiger partial charge in [0.05, 0.1) is 0 Å². The Kier molecular flexibility index (Phi) is 9.10. The molecule has 1 aromatic rings. The fourth-order valence-corrected chi connectivity index (χ4v) is 17.7. The molecule has 1 heterocycles. The zero-order valence-electron chi connectivity index (χ0n) is 13.3. The Bertz CT molecular complexity index is 345. The Morgan fingerprint density at radius 3 is 1.60 bits per heavy atom. The average Bonchev–Trinajstić information content (AvgIpc) is 2.48. The standard InChI is InChI=1S/C4H2ClN2.3C4H9.Sn/c5-4-1-6-3-7-2-4;3*1-3-4-2;/h1-2H;3*1,3-4H2,2H3;. The molecule has 0 N–H and O–H groups in total. The third-order valence-electron chi connectivity index (χ3n) is 4.12. The van der Waals surface area contributed by atoms with E-state index in [2.05, 4.69) is 30.7 Å². The number of nitrogens with zero attached hydrogens (tertiary/aromatic N) is 2. The van der Waals surface area contributed by atoms with Crippen molar-refractivity contribution in [1.82, 2.24) is 9.97 Å². The number of unbranched alkanes of at least 4 members (excludes halogenated alkanes) is 3. The zero-order chi connectivity index (χ0) is 14.8. The molecule has 0 atom stereocenters. The van der Waals surface area contributed by atoms with Crippen LogP contribution in [0.5, 0.6) is 0 Å². The van der Waals surface area contributed by atoms with Gasteiger partial charge in [-0.25, -0.2) is 0 Å². The van der Waals surface area contributed by atoms with Crippen LogP contribution in [0.3, 0.4) is 0 Å². The summed E-state index contributed by atoms with van der Waals surface area (Å²) in [5.74, 6) is 0. The van der Waals surface area contributed by atoms with Gasteiger partial charge in [-0.05, 0) is 0 Å². The van der Waals surface area contributed by atoms with E-state index < -0.39 is 18.4 Å². The monoisotopic (exact) mass is 404 g/mol. The van der Waals surface area contributed by atoms with E-state index in [4.69, 9.17) is 11.6 Å². The molecule has 1 aromatic heterocycles. The van der Waals surface area contributed by atoms with Gasteiger partial charge >= 0.3 is 134 Å². The van der Waals surface area contributed by atoms with Crippen molar-refractivity contribution in [2.45, 2.75) is 72.6 Å². The second-order valence-corrected chi connectivity index (χ2v) is 19.1. The molecular weight excluding hydrogens is 374 g/mol. The van der Waals surface area contributed by atoms with Gasteiger partial charge in [0.2, 0.25) is 0 Å². The maximum absolute atomic E-state index is 5.97. The van der Waals surface area contributed by atoms with Gasteiger partial charge in [-0.2, -0.15) is 0 Å². The maximum atomic E-state index is 5.97. The van der Waals surface area contributed by atoms with Crippen molar-refractivity contribution in [2.24, 2.45) is 0 Å². The molecule has 0 fully saturated rings. The van der Waals surface area contributed by atoms with E-state index in [1.54, 1.807) is 12.4 Å². The third kappa shape index (κ3) is 5.51. The van der Waals surface area contributed by atoms with Gasteiger partial charge in [0.15, 0.2) is 0 Å². The summed E-state index contributed by atoms with van der Waals surface area (Å²) in [6.07, 6.45) is 11.5. The molecule has 2 nitrogen and oxygen atoms in total. The van der Waals surface area contributed by atoms with Crippen LogP contribution in [-0.4, -0.2) is 28.3 Å². The number of aromatic nitrogens is 2. The molecule has 0 aliphatic heterocycles. The Morgan fingerprint density at radius 2 is 1.25 bits per heavy atom. The Balaban J connectivity index is 3.00. The fraction of sp³-hybridized carbons (Fsp3) is 0.750. The van der Waals surface area contributed by atoms with Gasteiger partial charge in [0.1, 0.15) is 0 Å². The van der Waals surface area contributed by atoms with Crippen LogP contribution >= 0.6 is 11.6 Å². The molecule has 0 amide bonds. The Hall–Kier alpha value is 0.169. The summed E-state index contributed by atoms with van der Waals surface area (Å²) < 4.78 is 5.45. The predicted octanol–water partition coefficient (Wildman–Crippen LogP) is 5.19. The van der Waals surface area contributed by atoms with Gasteiger partial charge in [0, 0.05) is 0 Å². The van der Waals surface area contributed by atoms with E-state index in [0.29, 0.717) is 5.02 Å². The van der Waals surface area contributed by atoms with Gasteiger partial charge < -0.3 is 0 Å². The molecule has 0 spiro atoms. The summed E-state index contributed by atoms with van der Waals surface area (Å²) in [5, 5.41) is 0.662. The molecule has 20 heavy (non-hydrogen) atoms. The predicted molar refractivity (Wildman–Crippen MR) is 91.6 cm³/mol. The van der Waals surface area contributed by atoms with Crippen molar-refractivity contribution >= 4 is 33.8 Å². The SMILES string of the molecule is CCC[CH2][Sn]([CH2]CCC)([CH2]CCC)[c]1ncc(Cl)cn1. The second-order valence-electron chi connectivity index (χ2n) is 5.82. The fourth-order valence-electron chi connectivity index (χ4n) is 2.84. The molecule has 0 unspecified atom stereocenters. The first-order chi connectivity index (χ1) is 9.68. The molecule has 0 aromatic carbocycles. The third-order valence-corrected chi connectivity index (χ3v) is 19.0. The van der Waals surface area contributed by atoms with Gasteiger partial charge in [0.25, 0.3) is 0 Å². The summed E-state index contributed by atoms with van der Waals surface area (Å²) in [5.41, 5.74) is 0. The van der Waals surface area contributed by atoms with Crippen molar-refractivity contribution in [2.75, 3.05) is 0 Å². The zero-order valence-corrected chi connectivity index (χ0v) is 16.9. The second kappa shape index (κ2) is 9.99. The molecule has 0 bridgehead atoms. The van der Waals surface area contributed by atoms with Crippen LogP contribution in [0.2, 0.25) is 18.3 Å². The number of halogens is 1. The van der Waals surface area contributed by atoms with Crippen molar-refractivity contribution in [1.29, 1.82) is 0 Å². The molecule has 0 saturated heterocycles. The number of hydrogen-bond acceptors (Lipinski definition) is 2. The number of rotatable bonds is 10. The first-order valence-corrected chi connectivity index (χ1v) is 16.0. The van der Waals surface area contributed by atoms with E-state index in [0.717, 1.165) is 0 Å². The average molecular weight is 404 g/mol. The summed E-state index contributed by atoms with van der Waals surface area (Å²) in [6, 6.07) is 0. The van der Waals surface area contributed by atoms with Crippen molar-refractivity contribution in [3.05, 3.63) is 17.4 Å². The van der Waals surface area contributed by atoms with E-state index >= 15 is 0 Å². The van der Waals surface area contributed by atoms with E-state index in [1.807, 2.05) is 0 Å². The van der Waals surface area contributed by atoms with Gasteiger partial charge in [-0.1, -0.05) is 0 Å². The van der Waals surface area contributed by atoms with Crippen LogP contribution in [0.1, 0.15) is 59.3 Å². The van der Waals surface area contributed by atoms with Crippen molar-refractivity contribution in [3.63, 3.8) is 0 Å². The molecule has 114 valence electrons. The first kappa shape index (κ1) is 18.2. The van der Waals surface area contributed by atoms with E-state index in [1.165, 1.54) is 55.7 Å². The molecule has 0 saturated carbocycles. The summed E-state index contributed by atoms with van der Waals surface area (Å²) in [6.45, 7) is 6.87. The Morgan fingerprint density at radius 1 is 0.850 bits per heavy atom. The quantitative estimate of drug-likeness (QED) is 0.503. The Labute approximate surface area is 133 Å². The van der Waals surface area contributed by atoms with Crippen LogP contribution in [0.15, 0.2) is 12.4 Å². The summed E-state index contributed by atoms with van der Waals surface area (Å²) in [4.78, 5) is 9.32. The van der Waals surface area contributed by atoms with Crippen molar-refractivity contribution in [3.8, 4) is 0 Å². The molecule has 1 rings (SSSR count). The van der Waals surface area contributed by atoms with Crippen molar-refractivity contribution < 1.29 is 0 Å². The molecule has 0 aliphatic carbocycles. The first-order valence-electron chi connectivity index (χ1n) is 8.16. The van der Waals surface area contributed by atoms with E-state index in [9.17, 15) is 0 Å². The van der Waals surface area contributed by atoms with Crippen LogP contribution in [0.25, 0.3) is 0 Å². The summed E-state index contributed by atoms with van der Waals surface area (Å²) in [7, 11) is 0. The van der Waals surface area contributed by atoms with E-state index in [-0.39, 0.29) is 0 Å². The minimum atomic E-state index is -2.41. The molecule has 0 radical (unpaired) electrons. The van der Waals surface area contributed by atoms with Crippen LogP contribution in [-0.2, 0) is 0 Å². The molecule has 0 aliphatic rings. The number of hydrogen-bond donors (Lipinski definition) is 0. The van der Waals surface area contributed by atoms with Crippen LogP contribution in [0.4, 0.5) is 0 Å². The normalized spacial score (nSPS) is 11.8. The van der Waals surface area contributed by atoms with Crippen LogP contribution < -0.4 is 3.84 Å².